The number of hydrogen-bond donors (Lipinski definition) is 2. The second kappa shape index (κ2) is 6.98. The summed E-state index contributed by atoms with van der Waals surface area (Å²) in [6, 6.07) is 17.2. The summed E-state index contributed by atoms with van der Waals surface area (Å²) in [4.78, 5) is 11.7. The molecule has 1 amide bonds. The van der Waals surface area contributed by atoms with E-state index in [1.807, 2.05) is 54.6 Å². The SMILES string of the molecule is O=C(CNc1ccc(Oc2ccccc2)cc1)NCC1CC1. The van der Waals surface area contributed by atoms with Crippen LogP contribution in [0.4, 0.5) is 5.69 Å². The predicted octanol–water partition coefficient (Wildman–Crippen LogP) is 3.42. The van der Waals surface area contributed by atoms with Gasteiger partial charge in [0, 0.05) is 12.2 Å². The molecule has 22 heavy (non-hydrogen) atoms. The predicted molar refractivity (Wildman–Crippen MR) is 87.2 cm³/mol. The van der Waals surface area contributed by atoms with Gasteiger partial charge in [-0.05, 0) is 55.2 Å². The summed E-state index contributed by atoms with van der Waals surface area (Å²) in [5.74, 6) is 2.33. The van der Waals surface area contributed by atoms with Gasteiger partial charge in [-0.3, -0.25) is 4.79 Å². The van der Waals surface area contributed by atoms with Gasteiger partial charge in [0.2, 0.25) is 5.91 Å². The first-order chi connectivity index (χ1) is 10.8. The van der Waals surface area contributed by atoms with Crippen LogP contribution in [-0.4, -0.2) is 19.0 Å². The molecule has 0 bridgehead atoms. The average molecular weight is 296 g/mol. The average Bonchev–Trinajstić information content (AvgIpc) is 3.38. The molecule has 2 aromatic carbocycles. The van der Waals surface area contributed by atoms with E-state index in [4.69, 9.17) is 4.74 Å². The van der Waals surface area contributed by atoms with Crippen molar-refractivity contribution >= 4 is 11.6 Å². The molecule has 0 atom stereocenters. The van der Waals surface area contributed by atoms with Gasteiger partial charge in [-0.25, -0.2) is 0 Å². The van der Waals surface area contributed by atoms with Gasteiger partial charge in [-0.15, -0.1) is 0 Å². The van der Waals surface area contributed by atoms with Crippen LogP contribution in [0.3, 0.4) is 0 Å². The topological polar surface area (TPSA) is 50.4 Å². The maximum atomic E-state index is 11.7. The molecule has 0 unspecified atom stereocenters. The van der Waals surface area contributed by atoms with E-state index in [9.17, 15) is 4.79 Å². The van der Waals surface area contributed by atoms with Gasteiger partial charge in [-0.2, -0.15) is 0 Å². The van der Waals surface area contributed by atoms with Gasteiger partial charge in [0.05, 0.1) is 6.54 Å². The third-order valence-electron chi connectivity index (χ3n) is 3.57. The van der Waals surface area contributed by atoms with E-state index < -0.39 is 0 Å². The summed E-state index contributed by atoms with van der Waals surface area (Å²) in [6.45, 7) is 1.11. The highest BCUT2D eigenvalue weighted by atomic mass is 16.5. The van der Waals surface area contributed by atoms with Crippen molar-refractivity contribution in [2.24, 2.45) is 5.92 Å². The third-order valence-corrected chi connectivity index (χ3v) is 3.57. The number of hydrogen-bond acceptors (Lipinski definition) is 3. The van der Waals surface area contributed by atoms with Crippen LogP contribution in [0.15, 0.2) is 54.6 Å². The minimum atomic E-state index is 0.0384. The number of carbonyl (C=O) groups is 1. The number of rotatable bonds is 7. The van der Waals surface area contributed by atoms with E-state index in [1.165, 1.54) is 12.8 Å². The van der Waals surface area contributed by atoms with E-state index in [-0.39, 0.29) is 5.91 Å². The lowest BCUT2D eigenvalue weighted by atomic mass is 10.3. The van der Waals surface area contributed by atoms with E-state index in [0.717, 1.165) is 23.7 Å². The zero-order valence-electron chi connectivity index (χ0n) is 12.4. The number of benzene rings is 2. The maximum Gasteiger partial charge on any atom is 0.239 e. The molecule has 4 heteroatoms. The molecule has 0 aromatic heterocycles. The van der Waals surface area contributed by atoms with Crippen LogP contribution >= 0.6 is 0 Å². The van der Waals surface area contributed by atoms with Gasteiger partial charge in [0.15, 0.2) is 0 Å². The molecule has 0 spiro atoms. The highest BCUT2D eigenvalue weighted by molar-refractivity contribution is 5.80. The van der Waals surface area contributed by atoms with Crippen molar-refractivity contribution in [3.05, 3.63) is 54.6 Å². The Morgan fingerprint density at radius 3 is 2.36 bits per heavy atom. The molecule has 0 saturated heterocycles. The van der Waals surface area contributed by atoms with Gasteiger partial charge < -0.3 is 15.4 Å². The molecule has 2 aromatic rings. The number of ether oxygens (including phenoxy) is 1. The molecule has 1 fully saturated rings. The van der Waals surface area contributed by atoms with E-state index in [0.29, 0.717) is 12.5 Å². The Balaban J connectivity index is 1.45. The lowest BCUT2D eigenvalue weighted by molar-refractivity contribution is -0.119. The van der Waals surface area contributed by atoms with Crippen LogP contribution in [0, 0.1) is 5.92 Å². The summed E-state index contributed by atoms with van der Waals surface area (Å²) in [6.07, 6.45) is 2.49. The molecule has 1 aliphatic carbocycles. The zero-order valence-corrected chi connectivity index (χ0v) is 12.4. The molecule has 0 radical (unpaired) electrons. The fourth-order valence-electron chi connectivity index (χ4n) is 2.09. The van der Waals surface area contributed by atoms with E-state index in [2.05, 4.69) is 10.6 Å². The molecule has 2 N–H and O–H groups in total. The van der Waals surface area contributed by atoms with Crippen LogP contribution in [-0.2, 0) is 4.79 Å². The van der Waals surface area contributed by atoms with Crippen LogP contribution in [0.25, 0.3) is 0 Å². The van der Waals surface area contributed by atoms with Crippen molar-refractivity contribution in [3.8, 4) is 11.5 Å². The van der Waals surface area contributed by atoms with Crippen LogP contribution in [0.5, 0.6) is 11.5 Å². The fourth-order valence-corrected chi connectivity index (χ4v) is 2.09. The maximum absolute atomic E-state index is 11.7. The number of amides is 1. The van der Waals surface area contributed by atoms with Gasteiger partial charge in [0.1, 0.15) is 11.5 Å². The van der Waals surface area contributed by atoms with Crippen LogP contribution < -0.4 is 15.4 Å². The molecule has 114 valence electrons. The Bertz CT molecular complexity index is 607. The monoisotopic (exact) mass is 296 g/mol. The van der Waals surface area contributed by atoms with Crippen molar-refractivity contribution in [2.75, 3.05) is 18.4 Å². The fraction of sp³-hybridized carbons (Fsp3) is 0.278. The minimum Gasteiger partial charge on any atom is -0.457 e. The van der Waals surface area contributed by atoms with Gasteiger partial charge in [0.25, 0.3) is 0 Å². The molecular formula is C18H20N2O2. The molecule has 1 aliphatic rings. The van der Waals surface area contributed by atoms with Gasteiger partial charge >= 0.3 is 0 Å². The Morgan fingerprint density at radius 2 is 1.68 bits per heavy atom. The van der Waals surface area contributed by atoms with Crippen molar-refractivity contribution in [1.82, 2.24) is 5.32 Å². The molecule has 3 rings (SSSR count). The molecule has 0 heterocycles. The van der Waals surface area contributed by atoms with Gasteiger partial charge in [-0.1, -0.05) is 18.2 Å². The lowest BCUT2D eigenvalue weighted by Crippen LogP contribution is -2.31. The smallest absolute Gasteiger partial charge is 0.239 e. The molecule has 0 aliphatic heterocycles. The Hall–Kier alpha value is -2.49. The zero-order chi connectivity index (χ0) is 15.2. The number of nitrogens with one attached hydrogen (secondary N) is 2. The summed E-state index contributed by atoms with van der Waals surface area (Å²) < 4.78 is 5.72. The van der Waals surface area contributed by atoms with Crippen molar-refractivity contribution in [2.45, 2.75) is 12.8 Å². The Morgan fingerprint density at radius 1 is 1.00 bits per heavy atom. The van der Waals surface area contributed by atoms with Crippen molar-refractivity contribution < 1.29 is 9.53 Å². The molecule has 4 nitrogen and oxygen atoms in total. The summed E-state index contributed by atoms with van der Waals surface area (Å²) in [5.41, 5.74) is 0.905. The lowest BCUT2D eigenvalue weighted by Gasteiger charge is -2.09. The third kappa shape index (κ3) is 4.52. The molecular weight excluding hydrogens is 276 g/mol. The van der Waals surface area contributed by atoms with E-state index in [1.54, 1.807) is 0 Å². The minimum absolute atomic E-state index is 0.0384. The number of anilines is 1. The Labute approximate surface area is 130 Å². The van der Waals surface area contributed by atoms with E-state index >= 15 is 0 Å². The first-order valence-electron chi connectivity index (χ1n) is 7.63. The van der Waals surface area contributed by atoms with Crippen molar-refractivity contribution in [3.63, 3.8) is 0 Å². The quantitative estimate of drug-likeness (QED) is 0.823. The summed E-state index contributed by atoms with van der Waals surface area (Å²) in [7, 11) is 0. The first-order valence-corrected chi connectivity index (χ1v) is 7.63. The number of para-hydroxylation sites is 1. The molecule has 1 saturated carbocycles. The number of carbonyl (C=O) groups excluding carboxylic acids is 1. The largest absolute Gasteiger partial charge is 0.457 e. The second-order valence-electron chi connectivity index (χ2n) is 5.54. The standard InChI is InChI=1S/C18H20N2O2/c21-18(20-12-14-6-7-14)13-19-15-8-10-17(11-9-15)22-16-4-2-1-3-5-16/h1-5,8-11,14,19H,6-7,12-13H2,(H,20,21). The summed E-state index contributed by atoms with van der Waals surface area (Å²) >= 11 is 0. The Kier molecular flexibility index (Phi) is 4.59. The highest BCUT2D eigenvalue weighted by Crippen LogP contribution is 2.27. The summed E-state index contributed by atoms with van der Waals surface area (Å²) in [5, 5.41) is 6.04. The first kappa shape index (κ1) is 14.4. The normalized spacial score (nSPS) is 13.5. The van der Waals surface area contributed by atoms with Crippen LogP contribution in [0.1, 0.15) is 12.8 Å². The van der Waals surface area contributed by atoms with Crippen LogP contribution in [0.2, 0.25) is 0 Å². The highest BCUT2D eigenvalue weighted by Gasteiger charge is 2.21. The second-order valence-corrected chi connectivity index (χ2v) is 5.54. The van der Waals surface area contributed by atoms with Crippen molar-refractivity contribution in [1.29, 1.82) is 0 Å².